The Morgan fingerprint density at radius 1 is 0.800 bits per heavy atom. The second-order valence-corrected chi connectivity index (χ2v) is 6.82. The number of methoxy groups -OCH3 is 2. The molecule has 0 heterocycles. The van der Waals surface area contributed by atoms with Gasteiger partial charge in [-0.15, -0.1) is 0 Å². The minimum absolute atomic E-state index is 0.0389. The number of ether oxygens (including phenoxy) is 2. The van der Waals surface area contributed by atoms with Crippen molar-refractivity contribution >= 4 is 16.7 Å². The number of phenolic OH excluding ortho intramolecular Hbond substituents is 1. The Bertz CT molecular complexity index is 1230. The van der Waals surface area contributed by atoms with Gasteiger partial charge in [0.1, 0.15) is 17.2 Å². The monoisotopic (exact) mass is 400 g/mol. The van der Waals surface area contributed by atoms with Crippen molar-refractivity contribution in [3.8, 4) is 39.5 Å². The Kier molecular flexibility index (Phi) is 5.02. The number of carboxylic acid groups (broad SMARTS) is 1. The average Bonchev–Trinajstić information content (AvgIpc) is 2.78. The summed E-state index contributed by atoms with van der Waals surface area (Å²) in [5.74, 6) is 0.0915. The number of rotatable bonds is 5. The molecule has 0 aliphatic rings. The predicted molar refractivity (Wildman–Crippen MR) is 117 cm³/mol. The molecule has 4 aromatic rings. The van der Waals surface area contributed by atoms with Gasteiger partial charge in [-0.1, -0.05) is 42.5 Å². The maximum absolute atomic E-state index is 12.0. The number of carbonyl (C=O) groups is 1. The van der Waals surface area contributed by atoms with Crippen LogP contribution in [0.25, 0.3) is 33.0 Å². The highest BCUT2D eigenvalue weighted by Gasteiger charge is 2.20. The van der Waals surface area contributed by atoms with E-state index in [1.807, 2.05) is 60.7 Å². The first-order chi connectivity index (χ1) is 14.5. The van der Waals surface area contributed by atoms with E-state index in [9.17, 15) is 15.0 Å². The lowest BCUT2D eigenvalue weighted by Crippen LogP contribution is -2.01. The van der Waals surface area contributed by atoms with Crippen LogP contribution in [0.3, 0.4) is 0 Å². The Labute approximate surface area is 173 Å². The predicted octanol–water partition coefficient (Wildman–Crippen LogP) is 5.59. The second-order valence-electron chi connectivity index (χ2n) is 6.82. The molecule has 150 valence electrons. The summed E-state index contributed by atoms with van der Waals surface area (Å²) in [6, 6.07) is 21.7. The molecule has 0 radical (unpaired) electrons. The van der Waals surface area contributed by atoms with E-state index in [1.54, 1.807) is 20.3 Å². The standard InChI is InChI=1S/C25H20O5/c1-29-17-10-8-15(9-11-17)18-12-20-19(14-23(18)30-2)22(26)13-21(25(27)28)24(20)16-6-4-3-5-7-16/h3-14,26H,1-2H3,(H,27,28). The van der Waals surface area contributed by atoms with Crippen LogP contribution in [-0.4, -0.2) is 30.4 Å². The SMILES string of the molecule is COc1ccc(-c2cc3c(-c4ccccc4)c(C(=O)O)cc(O)c3cc2OC)cc1. The molecule has 5 nitrogen and oxygen atoms in total. The lowest BCUT2D eigenvalue weighted by molar-refractivity contribution is 0.0697. The van der Waals surface area contributed by atoms with Gasteiger partial charge in [-0.25, -0.2) is 4.79 Å². The van der Waals surface area contributed by atoms with Gasteiger partial charge in [0.2, 0.25) is 0 Å². The van der Waals surface area contributed by atoms with Crippen molar-refractivity contribution in [2.45, 2.75) is 0 Å². The van der Waals surface area contributed by atoms with Crippen molar-refractivity contribution in [1.82, 2.24) is 0 Å². The summed E-state index contributed by atoms with van der Waals surface area (Å²) in [7, 11) is 3.17. The van der Waals surface area contributed by atoms with Gasteiger partial charge in [0, 0.05) is 16.5 Å². The summed E-state index contributed by atoms with van der Waals surface area (Å²) in [5.41, 5.74) is 3.01. The van der Waals surface area contributed by atoms with Crippen molar-refractivity contribution in [1.29, 1.82) is 0 Å². The van der Waals surface area contributed by atoms with Gasteiger partial charge in [-0.3, -0.25) is 0 Å². The van der Waals surface area contributed by atoms with Crippen molar-refractivity contribution in [3.05, 3.63) is 78.4 Å². The number of hydrogen-bond acceptors (Lipinski definition) is 4. The first-order valence-electron chi connectivity index (χ1n) is 9.34. The second kappa shape index (κ2) is 7.79. The fourth-order valence-electron chi connectivity index (χ4n) is 3.68. The number of aromatic hydroxyl groups is 1. The zero-order chi connectivity index (χ0) is 21.3. The molecule has 0 fully saturated rings. The maximum atomic E-state index is 12.0. The average molecular weight is 400 g/mol. The molecule has 0 spiro atoms. The molecule has 0 atom stereocenters. The number of aromatic carboxylic acids is 1. The molecule has 5 heteroatoms. The van der Waals surface area contributed by atoms with Crippen LogP contribution in [-0.2, 0) is 0 Å². The number of phenols is 1. The number of fused-ring (bicyclic) bond motifs is 1. The minimum Gasteiger partial charge on any atom is -0.507 e. The lowest BCUT2D eigenvalue weighted by Gasteiger charge is -2.17. The Balaban J connectivity index is 2.09. The summed E-state index contributed by atoms with van der Waals surface area (Å²) in [6.45, 7) is 0. The van der Waals surface area contributed by atoms with Crippen LogP contribution in [0.5, 0.6) is 17.2 Å². The molecule has 2 N–H and O–H groups in total. The first kappa shape index (κ1) is 19.3. The highest BCUT2D eigenvalue weighted by molar-refractivity contribution is 6.11. The van der Waals surface area contributed by atoms with Gasteiger partial charge in [0.25, 0.3) is 0 Å². The quantitative estimate of drug-likeness (QED) is 0.456. The van der Waals surface area contributed by atoms with Gasteiger partial charge in [-0.05, 0) is 46.8 Å². The first-order valence-corrected chi connectivity index (χ1v) is 9.34. The Hall–Kier alpha value is -3.99. The van der Waals surface area contributed by atoms with Gasteiger partial charge in [-0.2, -0.15) is 0 Å². The summed E-state index contributed by atoms with van der Waals surface area (Å²) in [5, 5.41) is 21.5. The number of carboxylic acids is 1. The topological polar surface area (TPSA) is 76.0 Å². The molecule has 0 bridgehead atoms. The number of benzene rings is 4. The van der Waals surface area contributed by atoms with E-state index in [1.165, 1.54) is 6.07 Å². The van der Waals surface area contributed by atoms with Crippen molar-refractivity contribution < 1.29 is 24.5 Å². The van der Waals surface area contributed by atoms with Crippen LogP contribution in [0.2, 0.25) is 0 Å². The van der Waals surface area contributed by atoms with E-state index in [4.69, 9.17) is 9.47 Å². The third kappa shape index (κ3) is 3.31. The van der Waals surface area contributed by atoms with Crippen LogP contribution in [0.15, 0.2) is 72.8 Å². The van der Waals surface area contributed by atoms with Crippen LogP contribution < -0.4 is 9.47 Å². The van der Waals surface area contributed by atoms with E-state index in [-0.39, 0.29) is 11.3 Å². The summed E-state index contributed by atoms with van der Waals surface area (Å²) < 4.78 is 10.8. The molecule has 0 saturated heterocycles. The van der Waals surface area contributed by atoms with Crippen LogP contribution in [0.4, 0.5) is 0 Å². The third-order valence-electron chi connectivity index (χ3n) is 5.13. The van der Waals surface area contributed by atoms with E-state index in [0.717, 1.165) is 22.4 Å². The van der Waals surface area contributed by atoms with Gasteiger partial charge in [0.15, 0.2) is 0 Å². The van der Waals surface area contributed by atoms with E-state index in [2.05, 4.69) is 0 Å². The molecule has 0 amide bonds. The van der Waals surface area contributed by atoms with Crippen molar-refractivity contribution in [3.63, 3.8) is 0 Å². The molecule has 4 rings (SSSR count). The highest BCUT2D eigenvalue weighted by atomic mass is 16.5. The molecular formula is C25H20O5. The van der Waals surface area contributed by atoms with Gasteiger partial charge < -0.3 is 19.7 Å². The number of hydrogen-bond donors (Lipinski definition) is 2. The van der Waals surface area contributed by atoms with E-state index in [0.29, 0.717) is 22.1 Å². The fraction of sp³-hybridized carbons (Fsp3) is 0.0800. The molecule has 4 aromatic carbocycles. The van der Waals surface area contributed by atoms with Gasteiger partial charge >= 0.3 is 5.97 Å². The minimum atomic E-state index is -1.10. The van der Waals surface area contributed by atoms with Crippen LogP contribution in [0.1, 0.15) is 10.4 Å². The van der Waals surface area contributed by atoms with E-state index >= 15 is 0 Å². The maximum Gasteiger partial charge on any atom is 0.336 e. The lowest BCUT2D eigenvalue weighted by atomic mass is 9.90. The summed E-state index contributed by atoms with van der Waals surface area (Å²) >= 11 is 0. The molecule has 0 unspecified atom stereocenters. The summed E-state index contributed by atoms with van der Waals surface area (Å²) in [6.07, 6.45) is 0. The van der Waals surface area contributed by atoms with Crippen LogP contribution >= 0.6 is 0 Å². The van der Waals surface area contributed by atoms with Crippen molar-refractivity contribution in [2.75, 3.05) is 14.2 Å². The summed E-state index contributed by atoms with van der Waals surface area (Å²) in [4.78, 5) is 12.0. The molecule has 0 saturated carbocycles. The molecule has 0 aliphatic heterocycles. The smallest absolute Gasteiger partial charge is 0.336 e. The highest BCUT2D eigenvalue weighted by Crippen LogP contribution is 2.43. The zero-order valence-electron chi connectivity index (χ0n) is 16.5. The Morgan fingerprint density at radius 3 is 2.10 bits per heavy atom. The molecule has 0 aliphatic carbocycles. The molecular weight excluding hydrogens is 380 g/mol. The van der Waals surface area contributed by atoms with Crippen LogP contribution in [0, 0.1) is 0 Å². The third-order valence-corrected chi connectivity index (χ3v) is 5.13. The van der Waals surface area contributed by atoms with E-state index < -0.39 is 5.97 Å². The van der Waals surface area contributed by atoms with Gasteiger partial charge in [0.05, 0.1) is 19.8 Å². The Morgan fingerprint density at radius 2 is 1.50 bits per heavy atom. The zero-order valence-corrected chi connectivity index (χ0v) is 16.5. The molecule has 0 aromatic heterocycles. The van der Waals surface area contributed by atoms with Crippen molar-refractivity contribution in [2.24, 2.45) is 0 Å². The fourth-order valence-corrected chi connectivity index (χ4v) is 3.68. The molecule has 30 heavy (non-hydrogen) atoms. The normalized spacial score (nSPS) is 10.7. The largest absolute Gasteiger partial charge is 0.507 e.